The largest absolute Gasteiger partial charge is 0.368 e. The van der Waals surface area contributed by atoms with Crippen LogP contribution in [0.1, 0.15) is 51.6 Å². The smallest absolute Gasteiger partial charge is 0.158 e. The van der Waals surface area contributed by atoms with Gasteiger partial charge >= 0.3 is 0 Å². The van der Waals surface area contributed by atoms with E-state index in [1.165, 1.54) is 6.42 Å². The SMILES string of the molecule is CCCN1CCOC(c2ncc(CNC(C)(C)C)cn2)C1. The predicted molar refractivity (Wildman–Crippen MR) is 84.0 cm³/mol. The third-order valence-electron chi connectivity index (χ3n) is 3.53. The summed E-state index contributed by atoms with van der Waals surface area (Å²) in [6.45, 7) is 13.2. The van der Waals surface area contributed by atoms with E-state index in [9.17, 15) is 0 Å². The Balaban J connectivity index is 1.92. The number of rotatable bonds is 5. The fourth-order valence-corrected chi connectivity index (χ4v) is 2.37. The van der Waals surface area contributed by atoms with Crippen molar-refractivity contribution >= 4 is 0 Å². The number of nitrogens with one attached hydrogen (secondary N) is 1. The van der Waals surface area contributed by atoms with E-state index in [0.717, 1.165) is 44.2 Å². The van der Waals surface area contributed by atoms with E-state index >= 15 is 0 Å². The summed E-state index contributed by atoms with van der Waals surface area (Å²) in [5.41, 5.74) is 1.21. The summed E-state index contributed by atoms with van der Waals surface area (Å²) in [6, 6.07) is 0. The Morgan fingerprint density at radius 2 is 2.05 bits per heavy atom. The van der Waals surface area contributed by atoms with Crippen molar-refractivity contribution in [3.8, 4) is 0 Å². The molecule has 0 aromatic carbocycles. The van der Waals surface area contributed by atoms with Crippen LogP contribution in [0.4, 0.5) is 0 Å². The Hall–Kier alpha value is -1.04. The Morgan fingerprint density at radius 1 is 1.33 bits per heavy atom. The first-order chi connectivity index (χ1) is 9.98. The van der Waals surface area contributed by atoms with Gasteiger partial charge < -0.3 is 10.1 Å². The minimum absolute atomic E-state index is 0.00919. The Bertz CT molecular complexity index is 425. The third-order valence-corrected chi connectivity index (χ3v) is 3.53. The molecule has 1 unspecified atom stereocenters. The van der Waals surface area contributed by atoms with Gasteiger partial charge in [-0.15, -0.1) is 0 Å². The van der Waals surface area contributed by atoms with Gasteiger partial charge in [-0.3, -0.25) is 4.90 Å². The van der Waals surface area contributed by atoms with Crippen LogP contribution in [0.3, 0.4) is 0 Å². The second-order valence-corrected chi connectivity index (χ2v) is 6.71. The molecule has 0 saturated carbocycles. The van der Waals surface area contributed by atoms with Gasteiger partial charge in [0.05, 0.1) is 6.61 Å². The number of ether oxygens (including phenoxy) is 1. The molecule has 5 nitrogen and oxygen atoms in total. The van der Waals surface area contributed by atoms with Crippen LogP contribution in [0.15, 0.2) is 12.4 Å². The summed E-state index contributed by atoms with van der Waals surface area (Å²) in [4.78, 5) is 11.4. The molecule has 1 saturated heterocycles. The maximum Gasteiger partial charge on any atom is 0.158 e. The zero-order valence-corrected chi connectivity index (χ0v) is 13.7. The predicted octanol–water partition coefficient (Wildman–Crippen LogP) is 2.15. The van der Waals surface area contributed by atoms with Crippen LogP contribution in [0, 0.1) is 0 Å². The fraction of sp³-hybridized carbons (Fsp3) is 0.750. The molecule has 0 spiro atoms. The minimum atomic E-state index is 0.00919. The number of hydrogen-bond acceptors (Lipinski definition) is 5. The van der Waals surface area contributed by atoms with Gasteiger partial charge in [-0.1, -0.05) is 6.92 Å². The fourth-order valence-electron chi connectivity index (χ4n) is 2.37. The van der Waals surface area contributed by atoms with Crippen LogP contribution in [0.25, 0.3) is 0 Å². The Kier molecular flexibility index (Phi) is 5.67. The number of nitrogens with zero attached hydrogens (tertiary/aromatic N) is 3. The molecule has 0 aliphatic carbocycles. The summed E-state index contributed by atoms with van der Waals surface area (Å²) < 4.78 is 5.81. The van der Waals surface area contributed by atoms with Crippen LogP contribution in [-0.4, -0.2) is 46.6 Å². The van der Waals surface area contributed by atoms with Crippen molar-refractivity contribution in [3.05, 3.63) is 23.8 Å². The van der Waals surface area contributed by atoms with Crippen LogP contribution >= 0.6 is 0 Å². The first-order valence-electron chi connectivity index (χ1n) is 7.88. The summed E-state index contributed by atoms with van der Waals surface area (Å²) in [7, 11) is 0. The van der Waals surface area contributed by atoms with Gasteiger partial charge in [-0.25, -0.2) is 9.97 Å². The highest BCUT2D eigenvalue weighted by Crippen LogP contribution is 2.19. The van der Waals surface area contributed by atoms with Gasteiger partial charge in [0.1, 0.15) is 6.10 Å². The van der Waals surface area contributed by atoms with Crippen molar-refractivity contribution in [1.29, 1.82) is 0 Å². The lowest BCUT2D eigenvalue weighted by molar-refractivity contribution is -0.0342. The monoisotopic (exact) mass is 292 g/mol. The van der Waals surface area contributed by atoms with Crippen molar-refractivity contribution in [3.63, 3.8) is 0 Å². The normalized spacial score (nSPS) is 20.7. The van der Waals surface area contributed by atoms with E-state index in [1.54, 1.807) is 0 Å². The molecule has 1 aliphatic rings. The van der Waals surface area contributed by atoms with Gasteiger partial charge in [-0.2, -0.15) is 0 Å². The lowest BCUT2D eigenvalue weighted by Gasteiger charge is -2.31. The maximum absolute atomic E-state index is 5.81. The highest BCUT2D eigenvalue weighted by atomic mass is 16.5. The second kappa shape index (κ2) is 7.29. The highest BCUT2D eigenvalue weighted by molar-refractivity contribution is 5.07. The Labute approximate surface area is 128 Å². The van der Waals surface area contributed by atoms with Crippen LogP contribution in [-0.2, 0) is 11.3 Å². The van der Waals surface area contributed by atoms with Crippen LogP contribution < -0.4 is 5.32 Å². The molecule has 21 heavy (non-hydrogen) atoms. The molecule has 118 valence electrons. The van der Waals surface area contributed by atoms with Gasteiger partial charge in [0.2, 0.25) is 0 Å². The summed E-state index contributed by atoms with van der Waals surface area (Å²) in [5.74, 6) is 0.801. The van der Waals surface area contributed by atoms with E-state index in [2.05, 4.69) is 47.9 Å². The van der Waals surface area contributed by atoms with E-state index in [1.807, 2.05) is 12.4 Å². The number of aromatic nitrogens is 2. The molecular weight excluding hydrogens is 264 g/mol. The highest BCUT2D eigenvalue weighted by Gasteiger charge is 2.23. The molecule has 1 aromatic heterocycles. The average molecular weight is 292 g/mol. The first-order valence-corrected chi connectivity index (χ1v) is 7.88. The van der Waals surface area contributed by atoms with Gasteiger partial charge in [0.15, 0.2) is 5.82 Å². The topological polar surface area (TPSA) is 50.3 Å². The lowest BCUT2D eigenvalue weighted by atomic mass is 10.1. The van der Waals surface area contributed by atoms with Crippen molar-refractivity contribution < 1.29 is 4.74 Å². The third kappa shape index (κ3) is 5.34. The molecule has 0 bridgehead atoms. The summed E-state index contributed by atoms with van der Waals surface area (Å²) in [5, 5.41) is 3.44. The van der Waals surface area contributed by atoms with Gasteiger partial charge in [-0.05, 0) is 33.7 Å². The van der Waals surface area contributed by atoms with Crippen molar-refractivity contribution in [1.82, 2.24) is 20.2 Å². The maximum atomic E-state index is 5.81. The van der Waals surface area contributed by atoms with Gasteiger partial charge in [0.25, 0.3) is 0 Å². The van der Waals surface area contributed by atoms with Crippen molar-refractivity contribution in [2.45, 2.75) is 52.3 Å². The number of morpholine rings is 1. The van der Waals surface area contributed by atoms with E-state index < -0.39 is 0 Å². The van der Waals surface area contributed by atoms with Crippen molar-refractivity contribution in [2.24, 2.45) is 0 Å². The van der Waals surface area contributed by atoms with Crippen molar-refractivity contribution in [2.75, 3.05) is 26.2 Å². The summed E-state index contributed by atoms with van der Waals surface area (Å²) >= 11 is 0. The quantitative estimate of drug-likeness (QED) is 0.901. The van der Waals surface area contributed by atoms with E-state index in [-0.39, 0.29) is 11.6 Å². The molecule has 1 N–H and O–H groups in total. The van der Waals surface area contributed by atoms with E-state index in [0.29, 0.717) is 0 Å². The zero-order chi connectivity index (χ0) is 15.3. The van der Waals surface area contributed by atoms with Crippen LogP contribution in [0.2, 0.25) is 0 Å². The van der Waals surface area contributed by atoms with Gasteiger partial charge in [0, 0.05) is 43.1 Å². The average Bonchev–Trinajstić information content (AvgIpc) is 2.46. The molecule has 1 aromatic rings. The Morgan fingerprint density at radius 3 is 2.67 bits per heavy atom. The molecular formula is C16H28N4O. The molecule has 0 radical (unpaired) electrons. The molecule has 0 amide bonds. The van der Waals surface area contributed by atoms with Crippen LogP contribution in [0.5, 0.6) is 0 Å². The standard InChI is InChI=1S/C16H28N4O/c1-5-6-20-7-8-21-14(12-20)15-17-9-13(10-18-15)11-19-16(2,3)4/h9-10,14,19H,5-8,11-12H2,1-4H3. The lowest BCUT2D eigenvalue weighted by Crippen LogP contribution is -2.39. The molecule has 2 rings (SSSR count). The summed E-state index contributed by atoms with van der Waals surface area (Å²) in [6.07, 6.45) is 4.99. The number of hydrogen-bond donors (Lipinski definition) is 1. The first kappa shape index (κ1) is 16.3. The molecule has 1 fully saturated rings. The minimum Gasteiger partial charge on any atom is -0.368 e. The second-order valence-electron chi connectivity index (χ2n) is 6.71. The molecule has 2 heterocycles. The molecule has 1 atom stereocenters. The molecule has 1 aliphatic heterocycles. The molecule has 5 heteroatoms. The zero-order valence-electron chi connectivity index (χ0n) is 13.7. The van der Waals surface area contributed by atoms with E-state index in [4.69, 9.17) is 4.74 Å².